The first-order chi connectivity index (χ1) is 15.8. The van der Waals surface area contributed by atoms with E-state index < -0.39 is 23.7 Å². The topological polar surface area (TPSA) is 79.7 Å². The predicted octanol–water partition coefficient (Wildman–Crippen LogP) is 4.66. The number of rotatable bonds is 6. The molecule has 2 aromatic carbocycles. The molecule has 1 saturated heterocycles. The van der Waals surface area contributed by atoms with Crippen molar-refractivity contribution in [3.05, 3.63) is 60.3 Å². The number of piperidine rings is 1. The Morgan fingerprint density at radius 2 is 1.97 bits per heavy atom. The van der Waals surface area contributed by atoms with Crippen molar-refractivity contribution in [3.63, 3.8) is 0 Å². The van der Waals surface area contributed by atoms with Crippen LogP contribution in [0, 0.1) is 17.6 Å². The van der Waals surface area contributed by atoms with Crippen LogP contribution in [0.4, 0.5) is 8.78 Å². The summed E-state index contributed by atoms with van der Waals surface area (Å²) < 4.78 is 34.5. The van der Waals surface area contributed by atoms with Crippen LogP contribution in [0.3, 0.4) is 0 Å². The second-order valence-corrected chi connectivity index (χ2v) is 8.28. The molecule has 2 heterocycles. The van der Waals surface area contributed by atoms with Crippen molar-refractivity contribution in [2.45, 2.75) is 32.3 Å². The Morgan fingerprint density at radius 3 is 2.70 bits per heavy atom. The van der Waals surface area contributed by atoms with E-state index >= 15 is 0 Å². The van der Waals surface area contributed by atoms with Gasteiger partial charge in [0.25, 0.3) is 5.91 Å². The molecule has 1 fully saturated rings. The Labute approximate surface area is 189 Å². The van der Waals surface area contributed by atoms with Crippen molar-refractivity contribution in [1.82, 2.24) is 9.88 Å². The number of carboxylic acid groups (broad SMARTS) is 1. The maximum atomic E-state index is 14.3. The van der Waals surface area contributed by atoms with Gasteiger partial charge in [-0.25, -0.2) is 8.78 Å². The molecular formula is C25H24F2N2O4. The molecule has 0 aliphatic carbocycles. The summed E-state index contributed by atoms with van der Waals surface area (Å²) in [5.74, 6) is -2.05. The lowest BCUT2D eigenvalue weighted by Crippen LogP contribution is -2.46. The first-order valence-corrected chi connectivity index (χ1v) is 10.8. The summed E-state index contributed by atoms with van der Waals surface area (Å²) in [5, 5.41) is 9.58. The number of pyridine rings is 1. The number of ether oxygens (including phenoxy) is 1. The fourth-order valence-electron chi connectivity index (χ4n) is 4.36. The number of likely N-dealkylation sites (tertiary alicyclic amines) is 1. The number of amides is 1. The van der Waals surface area contributed by atoms with Gasteiger partial charge in [0.05, 0.1) is 11.1 Å². The molecule has 1 N–H and O–H groups in total. The van der Waals surface area contributed by atoms with E-state index in [1.807, 2.05) is 0 Å². The number of carbonyl (C=O) groups excluding carboxylic acids is 1. The van der Waals surface area contributed by atoms with Crippen LogP contribution in [0.15, 0.2) is 48.7 Å². The third kappa shape index (κ3) is 4.94. The van der Waals surface area contributed by atoms with Crippen LogP contribution < -0.4 is 4.74 Å². The van der Waals surface area contributed by atoms with Crippen molar-refractivity contribution in [2.24, 2.45) is 5.92 Å². The number of carboxylic acids is 1. The van der Waals surface area contributed by atoms with E-state index in [1.165, 1.54) is 24.4 Å². The van der Waals surface area contributed by atoms with Gasteiger partial charge in [-0.2, -0.15) is 0 Å². The third-order valence-corrected chi connectivity index (χ3v) is 5.90. The molecule has 1 unspecified atom stereocenters. The zero-order valence-electron chi connectivity index (χ0n) is 18.1. The highest BCUT2D eigenvalue weighted by atomic mass is 19.1. The average molecular weight is 454 g/mol. The lowest BCUT2D eigenvalue weighted by molar-refractivity contribution is -0.143. The maximum absolute atomic E-state index is 14.3. The van der Waals surface area contributed by atoms with Crippen LogP contribution in [0.5, 0.6) is 5.75 Å². The smallest absolute Gasteiger partial charge is 0.303 e. The first kappa shape index (κ1) is 22.6. The van der Waals surface area contributed by atoms with Crippen molar-refractivity contribution in [1.29, 1.82) is 0 Å². The molecule has 3 aromatic rings. The van der Waals surface area contributed by atoms with E-state index in [-0.39, 0.29) is 23.8 Å². The van der Waals surface area contributed by atoms with Crippen LogP contribution in [-0.4, -0.2) is 46.1 Å². The Bertz CT molecular complexity index is 1180. The Morgan fingerprint density at radius 1 is 1.21 bits per heavy atom. The molecule has 1 amide bonds. The van der Waals surface area contributed by atoms with E-state index in [1.54, 1.807) is 36.1 Å². The number of halogens is 2. The molecule has 0 bridgehead atoms. The summed E-state index contributed by atoms with van der Waals surface area (Å²) in [5.41, 5.74) is 0.735. The minimum absolute atomic E-state index is 0.0420. The quantitative estimate of drug-likeness (QED) is 0.586. The van der Waals surface area contributed by atoms with Gasteiger partial charge in [0.2, 0.25) is 0 Å². The van der Waals surface area contributed by atoms with Gasteiger partial charge in [-0.05, 0) is 61.6 Å². The zero-order chi connectivity index (χ0) is 23.5. The minimum atomic E-state index is -0.864. The number of hydrogen-bond donors (Lipinski definition) is 1. The van der Waals surface area contributed by atoms with Gasteiger partial charge in [0, 0.05) is 37.2 Å². The molecule has 1 aliphatic rings. The summed E-state index contributed by atoms with van der Waals surface area (Å²) in [4.78, 5) is 29.8. The van der Waals surface area contributed by atoms with Crippen molar-refractivity contribution in [2.75, 3.05) is 13.1 Å². The minimum Gasteiger partial charge on any atom is -0.481 e. The monoisotopic (exact) mass is 454 g/mol. The SMILES string of the molecule is CC(Oc1ccc2c(-c3c(F)cccc3F)ccnc2c1)C(=O)N1CCC[C@H](CC(=O)O)C1. The van der Waals surface area contributed by atoms with Gasteiger partial charge in [-0.15, -0.1) is 0 Å². The van der Waals surface area contributed by atoms with Crippen LogP contribution >= 0.6 is 0 Å². The molecule has 0 spiro atoms. The fraction of sp³-hybridized carbons (Fsp3) is 0.320. The number of fused-ring (bicyclic) bond motifs is 1. The molecule has 33 heavy (non-hydrogen) atoms. The summed E-state index contributed by atoms with van der Waals surface area (Å²) in [6, 6.07) is 10.2. The van der Waals surface area contributed by atoms with E-state index in [9.17, 15) is 18.4 Å². The molecule has 6 nitrogen and oxygen atoms in total. The van der Waals surface area contributed by atoms with E-state index in [2.05, 4.69) is 4.98 Å². The van der Waals surface area contributed by atoms with Gasteiger partial charge in [0.15, 0.2) is 6.10 Å². The summed E-state index contributed by atoms with van der Waals surface area (Å²) >= 11 is 0. The van der Waals surface area contributed by atoms with E-state index in [0.717, 1.165) is 12.8 Å². The first-order valence-electron chi connectivity index (χ1n) is 10.8. The van der Waals surface area contributed by atoms with Gasteiger partial charge >= 0.3 is 5.97 Å². The fourth-order valence-corrected chi connectivity index (χ4v) is 4.36. The zero-order valence-corrected chi connectivity index (χ0v) is 18.1. The number of hydrogen-bond acceptors (Lipinski definition) is 4. The highest BCUT2D eigenvalue weighted by Gasteiger charge is 2.29. The maximum Gasteiger partial charge on any atom is 0.303 e. The number of aliphatic carboxylic acids is 1. The molecule has 4 rings (SSSR count). The highest BCUT2D eigenvalue weighted by molar-refractivity contribution is 5.95. The molecule has 1 aromatic heterocycles. The number of carbonyl (C=O) groups is 2. The molecule has 0 radical (unpaired) electrons. The summed E-state index contributed by atoms with van der Waals surface area (Å²) in [7, 11) is 0. The predicted molar refractivity (Wildman–Crippen MR) is 119 cm³/mol. The number of nitrogens with zero attached hydrogens (tertiary/aromatic N) is 2. The molecule has 172 valence electrons. The lowest BCUT2D eigenvalue weighted by atomic mass is 9.94. The van der Waals surface area contributed by atoms with Gasteiger partial charge < -0.3 is 14.7 Å². The van der Waals surface area contributed by atoms with Crippen LogP contribution in [0.2, 0.25) is 0 Å². The van der Waals surface area contributed by atoms with Gasteiger partial charge in [-0.3, -0.25) is 14.6 Å². The third-order valence-electron chi connectivity index (χ3n) is 5.90. The average Bonchev–Trinajstić information content (AvgIpc) is 2.78. The number of aromatic nitrogens is 1. The largest absolute Gasteiger partial charge is 0.481 e. The normalized spacial score (nSPS) is 17.1. The Kier molecular flexibility index (Phi) is 6.53. The van der Waals surface area contributed by atoms with Crippen LogP contribution in [0.1, 0.15) is 26.2 Å². The molecule has 1 aliphatic heterocycles. The van der Waals surface area contributed by atoms with Gasteiger partial charge in [-0.1, -0.05) is 6.07 Å². The summed E-state index contributed by atoms with van der Waals surface area (Å²) in [6.07, 6.45) is 2.27. The van der Waals surface area contributed by atoms with E-state index in [0.29, 0.717) is 35.3 Å². The lowest BCUT2D eigenvalue weighted by Gasteiger charge is -2.33. The number of benzene rings is 2. The molecule has 0 saturated carbocycles. The second kappa shape index (κ2) is 9.52. The van der Waals surface area contributed by atoms with Crippen molar-refractivity contribution in [3.8, 4) is 16.9 Å². The van der Waals surface area contributed by atoms with Crippen LogP contribution in [0.25, 0.3) is 22.0 Å². The van der Waals surface area contributed by atoms with Gasteiger partial charge in [0.1, 0.15) is 17.4 Å². The standard InChI is InChI=1S/C25H24F2N2O4/c1-15(25(32)29-11-3-4-16(14-29)12-23(30)31)33-17-7-8-18-19(9-10-28-22(18)13-17)24-20(26)5-2-6-21(24)27/h2,5-10,13,15-16H,3-4,11-12,14H2,1H3,(H,30,31)/t15?,16-/m1/s1. The highest BCUT2D eigenvalue weighted by Crippen LogP contribution is 2.33. The molecular weight excluding hydrogens is 430 g/mol. The Hall–Kier alpha value is -3.55. The summed E-state index contributed by atoms with van der Waals surface area (Å²) in [6.45, 7) is 2.61. The van der Waals surface area contributed by atoms with E-state index in [4.69, 9.17) is 9.84 Å². The molecule has 8 heteroatoms. The van der Waals surface area contributed by atoms with Crippen molar-refractivity contribution < 1.29 is 28.2 Å². The van der Waals surface area contributed by atoms with Crippen LogP contribution in [-0.2, 0) is 9.59 Å². The van der Waals surface area contributed by atoms with Crippen molar-refractivity contribution >= 4 is 22.8 Å². The Balaban J connectivity index is 1.53. The second-order valence-electron chi connectivity index (χ2n) is 8.28. The molecule has 2 atom stereocenters.